The fraction of sp³-hybridized carbons (Fsp3) is 0.179. The second-order valence-electron chi connectivity index (χ2n) is 8.60. The number of aromatic nitrogens is 2. The first-order valence-corrected chi connectivity index (χ1v) is 11.5. The van der Waals surface area contributed by atoms with Crippen LogP contribution in [0.5, 0.6) is 5.75 Å². The number of aliphatic hydroxyl groups is 1. The zero-order chi connectivity index (χ0) is 25.2. The van der Waals surface area contributed by atoms with Gasteiger partial charge in [-0.2, -0.15) is 0 Å². The number of rotatable bonds is 7. The van der Waals surface area contributed by atoms with Crippen LogP contribution in [0.1, 0.15) is 23.6 Å². The van der Waals surface area contributed by atoms with Crippen LogP contribution in [0.3, 0.4) is 0 Å². The largest absolute Gasteiger partial charge is 0.507 e. The molecule has 1 aliphatic rings. The fourth-order valence-electron chi connectivity index (χ4n) is 4.63. The maximum Gasteiger partial charge on any atom is 0.295 e. The summed E-state index contributed by atoms with van der Waals surface area (Å²) in [5, 5.41) is 13.0. The molecule has 8 heteroatoms. The zero-order valence-electron chi connectivity index (χ0n) is 19.6. The van der Waals surface area contributed by atoms with Gasteiger partial charge >= 0.3 is 0 Å². The predicted octanol–water partition coefficient (Wildman–Crippen LogP) is 4.70. The van der Waals surface area contributed by atoms with Crippen LogP contribution in [0.2, 0.25) is 0 Å². The minimum atomic E-state index is -1.04. The number of aliphatic hydroxyl groups excluding tert-OH is 1. The van der Waals surface area contributed by atoms with Crippen LogP contribution in [0.4, 0.5) is 4.39 Å². The van der Waals surface area contributed by atoms with E-state index >= 15 is 0 Å². The molecule has 0 spiro atoms. The highest BCUT2D eigenvalue weighted by Gasteiger charge is 2.46. The molecule has 1 aliphatic heterocycles. The van der Waals surface area contributed by atoms with E-state index in [-0.39, 0.29) is 23.4 Å². The molecule has 4 aromatic rings. The van der Waals surface area contributed by atoms with Crippen molar-refractivity contribution in [3.63, 3.8) is 0 Å². The Morgan fingerprint density at radius 2 is 1.83 bits per heavy atom. The quantitative estimate of drug-likeness (QED) is 0.233. The van der Waals surface area contributed by atoms with Crippen LogP contribution in [0, 0.1) is 5.82 Å². The smallest absolute Gasteiger partial charge is 0.295 e. The van der Waals surface area contributed by atoms with Crippen LogP contribution in [-0.2, 0) is 16.1 Å². The molecule has 0 aliphatic carbocycles. The van der Waals surface area contributed by atoms with Crippen LogP contribution < -0.4 is 4.74 Å². The topological polar surface area (TPSA) is 84.7 Å². The molecule has 7 nitrogen and oxygen atoms in total. The summed E-state index contributed by atoms with van der Waals surface area (Å²) in [6, 6.07) is 15.7. The number of nitrogens with zero attached hydrogens (tertiary/aromatic N) is 3. The molecule has 1 unspecified atom stereocenters. The van der Waals surface area contributed by atoms with Gasteiger partial charge in [-0.3, -0.25) is 9.59 Å². The van der Waals surface area contributed by atoms with Crippen LogP contribution >= 0.6 is 0 Å². The third-order valence-electron chi connectivity index (χ3n) is 6.44. The molecule has 1 saturated heterocycles. The maximum atomic E-state index is 15.0. The number of halogens is 1. The van der Waals surface area contributed by atoms with Gasteiger partial charge < -0.3 is 19.3 Å². The van der Waals surface area contributed by atoms with Gasteiger partial charge in [0.2, 0.25) is 0 Å². The summed E-state index contributed by atoms with van der Waals surface area (Å²) < 4.78 is 22.1. The SMILES string of the molecule is COc1ccc2cc(/C(O)=C3\C(=O)C(=O)N(CCCn4ccnc4)C3c3ccccc3F)ccc2c1. The van der Waals surface area contributed by atoms with Crippen molar-refractivity contribution >= 4 is 28.2 Å². The maximum absolute atomic E-state index is 15.0. The van der Waals surface area contributed by atoms with Gasteiger partial charge in [-0.1, -0.05) is 36.4 Å². The molecule has 36 heavy (non-hydrogen) atoms. The van der Waals surface area contributed by atoms with Gasteiger partial charge in [-0.25, -0.2) is 9.37 Å². The molecular weight excluding hydrogens is 461 g/mol. The van der Waals surface area contributed by atoms with E-state index in [0.717, 1.165) is 10.8 Å². The highest BCUT2D eigenvalue weighted by molar-refractivity contribution is 6.46. The molecular formula is C28H24FN3O4. The summed E-state index contributed by atoms with van der Waals surface area (Å²) in [5.74, 6) is -1.79. The molecule has 1 atom stereocenters. The first-order chi connectivity index (χ1) is 17.5. The molecule has 0 radical (unpaired) electrons. The average molecular weight is 486 g/mol. The molecule has 1 aromatic heterocycles. The van der Waals surface area contributed by atoms with Gasteiger partial charge in [0.1, 0.15) is 17.3 Å². The van der Waals surface area contributed by atoms with Crippen molar-refractivity contribution in [2.75, 3.05) is 13.7 Å². The molecule has 0 bridgehead atoms. The molecule has 1 amide bonds. The van der Waals surface area contributed by atoms with Crippen LogP contribution in [0.15, 0.2) is 85.0 Å². The van der Waals surface area contributed by atoms with E-state index in [1.807, 2.05) is 16.7 Å². The number of methoxy groups -OCH3 is 1. The Bertz CT molecular complexity index is 1480. The second-order valence-corrected chi connectivity index (χ2v) is 8.60. The van der Waals surface area contributed by atoms with Crippen molar-refractivity contribution in [2.24, 2.45) is 0 Å². The van der Waals surface area contributed by atoms with E-state index in [1.165, 1.54) is 17.0 Å². The number of ether oxygens (including phenoxy) is 1. The first kappa shape index (κ1) is 23.3. The van der Waals surface area contributed by atoms with E-state index in [0.29, 0.717) is 24.3 Å². The van der Waals surface area contributed by atoms with E-state index in [2.05, 4.69) is 4.98 Å². The average Bonchev–Trinajstić information content (AvgIpc) is 3.50. The van der Waals surface area contributed by atoms with Crippen molar-refractivity contribution in [1.82, 2.24) is 14.5 Å². The molecule has 182 valence electrons. The lowest BCUT2D eigenvalue weighted by Crippen LogP contribution is -2.31. The van der Waals surface area contributed by atoms with Crippen molar-refractivity contribution in [1.29, 1.82) is 0 Å². The Morgan fingerprint density at radius 1 is 1.06 bits per heavy atom. The number of Topliss-reactive ketones (excluding diaryl/α,β-unsaturated/α-hetero) is 1. The van der Waals surface area contributed by atoms with Gasteiger partial charge in [0.15, 0.2) is 0 Å². The van der Waals surface area contributed by atoms with E-state index in [9.17, 15) is 19.1 Å². The van der Waals surface area contributed by atoms with Crippen molar-refractivity contribution < 1.29 is 23.8 Å². The van der Waals surface area contributed by atoms with E-state index in [4.69, 9.17) is 4.74 Å². The number of carbonyl (C=O) groups excluding carboxylic acids is 2. The lowest BCUT2D eigenvalue weighted by atomic mass is 9.94. The number of hydrogen-bond acceptors (Lipinski definition) is 5. The highest BCUT2D eigenvalue weighted by Crippen LogP contribution is 2.40. The van der Waals surface area contributed by atoms with Gasteiger partial charge in [0.05, 0.1) is 25.1 Å². The van der Waals surface area contributed by atoms with Gasteiger partial charge in [0.25, 0.3) is 11.7 Å². The lowest BCUT2D eigenvalue weighted by molar-refractivity contribution is -0.140. The highest BCUT2D eigenvalue weighted by atomic mass is 19.1. The third kappa shape index (κ3) is 4.22. The third-order valence-corrected chi connectivity index (χ3v) is 6.44. The minimum absolute atomic E-state index is 0.124. The number of amides is 1. The summed E-state index contributed by atoms with van der Waals surface area (Å²) in [5.41, 5.74) is 0.400. The van der Waals surface area contributed by atoms with E-state index < -0.39 is 23.5 Å². The number of ketones is 1. The van der Waals surface area contributed by atoms with E-state index in [1.54, 1.807) is 62.2 Å². The number of imidazole rings is 1. The van der Waals surface area contributed by atoms with Crippen LogP contribution in [0.25, 0.3) is 16.5 Å². The summed E-state index contributed by atoms with van der Waals surface area (Å²) in [7, 11) is 1.58. The number of carbonyl (C=O) groups is 2. The summed E-state index contributed by atoms with van der Waals surface area (Å²) in [4.78, 5) is 31.6. The first-order valence-electron chi connectivity index (χ1n) is 11.5. The summed E-state index contributed by atoms with van der Waals surface area (Å²) in [6.07, 6.45) is 5.65. The molecule has 0 saturated carbocycles. The Kier molecular flexibility index (Phi) is 6.25. The number of hydrogen-bond donors (Lipinski definition) is 1. The van der Waals surface area contributed by atoms with Gasteiger partial charge in [-0.05, 0) is 41.5 Å². The molecule has 1 fully saturated rings. The normalized spacial score (nSPS) is 17.2. The number of benzene rings is 3. The fourth-order valence-corrected chi connectivity index (χ4v) is 4.63. The Labute approximate surface area is 207 Å². The molecule has 1 N–H and O–H groups in total. The summed E-state index contributed by atoms with van der Waals surface area (Å²) >= 11 is 0. The minimum Gasteiger partial charge on any atom is -0.507 e. The molecule has 5 rings (SSSR count). The number of likely N-dealkylation sites (tertiary alicyclic amines) is 1. The lowest BCUT2D eigenvalue weighted by Gasteiger charge is -2.25. The van der Waals surface area contributed by atoms with Crippen molar-refractivity contribution in [3.05, 3.63) is 102 Å². The predicted molar refractivity (Wildman–Crippen MR) is 133 cm³/mol. The second kappa shape index (κ2) is 9.65. The number of aryl methyl sites for hydroxylation is 1. The summed E-state index contributed by atoms with van der Waals surface area (Å²) in [6.45, 7) is 0.775. The zero-order valence-corrected chi connectivity index (χ0v) is 19.6. The monoisotopic (exact) mass is 485 g/mol. The molecule has 2 heterocycles. The Hall–Kier alpha value is -4.46. The molecule has 3 aromatic carbocycles. The standard InChI is InChI=1S/C28H24FN3O4/c1-36-21-10-9-18-15-20(8-7-19(18)16-21)26(33)24-25(22-5-2-3-6-23(22)29)32(28(35)27(24)34)13-4-12-31-14-11-30-17-31/h2-3,5-11,14-17,25,33H,4,12-13H2,1H3/b26-24+. The van der Waals surface area contributed by atoms with Crippen molar-refractivity contribution in [3.8, 4) is 5.75 Å². The van der Waals surface area contributed by atoms with Gasteiger partial charge in [0, 0.05) is 36.6 Å². The van der Waals surface area contributed by atoms with Crippen LogP contribution in [-0.4, -0.2) is 44.9 Å². The number of fused-ring (bicyclic) bond motifs is 1. The Balaban J connectivity index is 1.57. The van der Waals surface area contributed by atoms with Gasteiger partial charge in [-0.15, -0.1) is 0 Å². The van der Waals surface area contributed by atoms with Crippen molar-refractivity contribution in [2.45, 2.75) is 19.0 Å². The Morgan fingerprint density at radius 3 is 2.58 bits per heavy atom.